The van der Waals surface area contributed by atoms with Gasteiger partial charge < -0.3 is 49.6 Å². The van der Waals surface area contributed by atoms with Crippen molar-refractivity contribution in [3.8, 4) is 0 Å². The molecular weight excluding hydrogens is 544 g/mol. The molecule has 10 nitrogen and oxygen atoms in total. The molecule has 0 bridgehead atoms. The number of ether oxygens (including phenoxy) is 4. The van der Waals surface area contributed by atoms with Crippen molar-refractivity contribution in [2.24, 2.45) is 29.1 Å². The van der Waals surface area contributed by atoms with Crippen LogP contribution in [0, 0.1) is 29.1 Å². The van der Waals surface area contributed by atoms with Crippen molar-refractivity contribution in [2.45, 2.75) is 108 Å². The summed E-state index contributed by atoms with van der Waals surface area (Å²) in [6, 6.07) is 0. The highest BCUT2D eigenvalue weighted by Crippen LogP contribution is 2.55. The number of fused-ring (bicyclic) bond motifs is 2. The second kappa shape index (κ2) is 13.0. The molecule has 1 aliphatic heterocycles. The molecule has 10 heteroatoms. The smallest absolute Gasteiger partial charge is 0.187 e. The van der Waals surface area contributed by atoms with Gasteiger partial charge in [-0.25, -0.2) is 0 Å². The summed E-state index contributed by atoms with van der Waals surface area (Å²) in [5.41, 5.74) is 0.955. The molecule has 0 amide bonds. The molecule has 1 heterocycles. The average Bonchev–Trinajstić information content (AvgIpc) is 3.46. The van der Waals surface area contributed by atoms with E-state index in [2.05, 4.69) is 12.7 Å². The minimum absolute atomic E-state index is 0.0306. The molecule has 240 valence electrons. The van der Waals surface area contributed by atoms with Gasteiger partial charge in [-0.3, -0.25) is 0 Å². The molecular formula is C32H52O10. The van der Waals surface area contributed by atoms with E-state index < -0.39 is 60.0 Å². The van der Waals surface area contributed by atoms with E-state index in [1.807, 2.05) is 20.8 Å². The standard InChI is InChI=1S/C32H52O10/c1-8-31(4,5)40-15-22-26(36)27(37)28(38)30(41-22)42-29-24-20(16(2)13-33)11-23(34)32(24,6)12-21-18(14-39-7)9-10-19(21)17(3)25(29)35/h8,12,16-19,22-23,25-30,33-38H,1,9-11,13-15H2,2-7H3/b21-12-/t16-,17-,18-,19+,22-,23+,25-,26-,27+,28-,29-,30-,32+/m1/s1. The third kappa shape index (κ3) is 6.18. The van der Waals surface area contributed by atoms with E-state index in [1.54, 1.807) is 27.0 Å². The van der Waals surface area contributed by atoms with Gasteiger partial charge in [0, 0.05) is 31.0 Å². The summed E-state index contributed by atoms with van der Waals surface area (Å²) in [5, 5.41) is 66.2. The van der Waals surface area contributed by atoms with Crippen LogP contribution in [-0.2, 0) is 18.9 Å². The van der Waals surface area contributed by atoms with E-state index in [0.717, 1.165) is 24.0 Å². The van der Waals surface area contributed by atoms with E-state index >= 15 is 0 Å². The first-order valence-electron chi connectivity index (χ1n) is 15.2. The summed E-state index contributed by atoms with van der Waals surface area (Å²) in [5.74, 6) is -0.378. The fraction of sp³-hybridized carbons (Fsp3) is 0.812. The maximum Gasteiger partial charge on any atom is 0.187 e. The van der Waals surface area contributed by atoms with Crippen molar-refractivity contribution in [1.82, 2.24) is 0 Å². The third-order valence-corrected chi connectivity index (χ3v) is 10.3. The molecule has 13 atom stereocenters. The summed E-state index contributed by atoms with van der Waals surface area (Å²) in [6.45, 7) is 13.4. The Bertz CT molecular complexity index is 1020. The van der Waals surface area contributed by atoms with Crippen molar-refractivity contribution >= 4 is 0 Å². The van der Waals surface area contributed by atoms with Crippen molar-refractivity contribution in [2.75, 3.05) is 26.9 Å². The highest BCUT2D eigenvalue weighted by molar-refractivity contribution is 5.43. The van der Waals surface area contributed by atoms with Gasteiger partial charge in [0.15, 0.2) is 6.29 Å². The van der Waals surface area contributed by atoms with Crippen molar-refractivity contribution in [3.05, 3.63) is 35.5 Å². The maximum atomic E-state index is 12.0. The number of methoxy groups -OCH3 is 1. The quantitative estimate of drug-likeness (QED) is 0.204. The molecule has 42 heavy (non-hydrogen) atoms. The van der Waals surface area contributed by atoms with E-state index in [0.29, 0.717) is 18.6 Å². The lowest BCUT2D eigenvalue weighted by Gasteiger charge is -2.46. The predicted octanol–water partition coefficient (Wildman–Crippen LogP) is 1.47. The molecule has 3 aliphatic carbocycles. The van der Waals surface area contributed by atoms with Gasteiger partial charge in [0.1, 0.15) is 30.5 Å². The van der Waals surface area contributed by atoms with Crippen LogP contribution < -0.4 is 0 Å². The van der Waals surface area contributed by atoms with E-state index in [9.17, 15) is 30.6 Å². The van der Waals surface area contributed by atoms with Gasteiger partial charge in [0.05, 0.1) is 31.0 Å². The van der Waals surface area contributed by atoms with Gasteiger partial charge in [-0.1, -0.05) is 37.1 Å². The number of hydrogen-bond acceptors (Lipinski definition) is 10. The second-order valence-corrected chi connectivity index (χ2v) is 13.5. The van der Waals surface area contributed by atoms with Crippen molar-refractivity contribution < 1.29 is 49.6 Å². The molecule has 4 rings (SSSR count). The zero-order valence-electron chi connectivity index (χ0n) is 25.8. The summed E-state index contributed by atoms with van der Waals surface area (Å²) in [4.78, 5) is 0. The van der Waals surface area contributed by atoms with Crippen LogP contribution in [0.4, 0.5) is 0 Å². The Morgan fingerprint density at radius 2 is 1.79 bits per heavy atom. The van der Waals surface area contributed by atoms with Gasteiger partial charge in [0.25, 0.3) is 0 Å². The van der Waals surface area contributed by atoms with Gasteiger partial charge >= 0.3 is 0 Å². The Hall–Kier alpha value is -1.18. The van der Waals surface area contributed by atoms with Crippen LogP contribution in [0.3, 0.4) is 0 Å². The summed E-state index contributed by atoms with van der Waals surface area (Å²) in [6.07, 6.45) is -4.22. The second-order valence-electron chi connectivity index (χ2n) is 13.5. The zero-order valence-corrected chi connectivity index (χ0v) is 25.8. The lowest BCUT2D eigenvalue weighted by atomic mass is 9.68. The van der Waals surface area contributed by atoms with Crippen LogP contribution in [0.25, 0.3) is 0 Å². The molecule has 0 aromatic heterocycles. The number of rotatable bonds is 10. The predicted molar refractivity (Wildman–Crippen MR) is 155 cm³/mol. The Kier molecular flexibility index (Phi) is 10.5. The molecule has 6 N–H and O–H groups in total. The molecule has 2 fully saturated rings. The van der Waals surface area contributed by atoms with Gasteiger partial charge in [0.2, 0.25) is 0 Å². The summed E-state index contributed by atoms with van der Waals surface area (Å²) in [7, 11) is 1.68. The molecule has 4 aliphatic rings. The Labute approximate surface area is 249 Å². The SMILES string of the molecule is C=CC(C)(C)OC[C@H]1O[C@H](O[C@@H]2C3=C([C@H](C)CO)C[C@H](O)[C@]3(C)/C=C3/[C@@H](COC)CC[C@H]3[C@@H](C)[C@H]2O)[C@H](O)[C@@H](O)[C@@H]1O. The Morgan fingerprint density at radius 3 is 2.40 bits per heavy atom. The molecule has 0 radical (unpaired) electrons. The first-order valence-corrected chi connectivity index (χ1v) is 15.2. The number of aliphatic hydroxyl groups excluding tert-OH is 6. The largest absolute Gasteiger partial charge is 0.396 e. The molecule has 1 saturated heterocycles. The normalized spacial score (nSPS) is 44.6. The Balaban J connectivity index is 1.76. The lowest BCUT2D eigenvalue weighted by Crippen LogP contribution is -2.61. The minimum atomic E-state index is -1.61. The summed E-state index contributed by atoms with van der Waals surface area (Å²) >= 11 is 0. The van der Waals surface area contributed by atoms with E-state index in [4.69, 9.17) is 18.9 Å². The minimum Gasteiger partial charge on any atom is -0.396 e. The fourth-order valence-corrected chi connectivity index (χ4v) is 7.33. The van der Waals surface area contributed by atoms with Gasteiger partial charge in [-0.2, -0.15) is 0 Å². The van der Waals surface area contributed by atoms with Crippen LogP contribution in [0.2, 0.25) is 0 Å². The maximum absolute atomic E-state index is 12.0. The Morgan fingerprint density at radius 1 is 1.10 bits per heavy atom. The fourth-order valence-electron chi connectivity index (χ4n) is 7.33. The van der Waals surface area contributed by atoms with E-state index in [-0.39, 0.29) is 36.9 Å². The molecule has 0 spiro atoms. The number of aliphatic hydroxyl groups is 6. The zero-order chi connectivity index (χ0) is 31.1. The average molecular weight is 597 g/mol. The number of hydrogen-bond donors (Lipinski definition) is 6. The highest BCUT2D eigenvalue weighted by Gasteiger charge is 2.55. The topological polar surface area (TPSA) is 158 Å². The third-order valence-electron chi connectivity index (χ3n) is 10.3. The summed E-state index contributed by atoms with van der Waals surface area (Å²) < 4.78 is 23.9. The van der Waals surface area contributed by atoms with Crippen LogP contribution in [0.5, 0.6) is 0 Å². The van der Waals surface area contributed by atoms with Crippen LogP contribution >= 0.6 is 0 Å². The lowest BCUT2D eigenvalue weighted by molar-refractivity contribution is -0.319. The molecule has 1 saturated carbocycles. The van der Waals surface area contributed by atoms with Crippen molar-refractivity contribution in [1.29, 1.82) is 0 Å². The molecule has 0 aromatic carbocycles. The highest BCUT2D eigenvalue weighted by atomic mass is 16.7. The van der Waals surface area contributed by atoms with Gasteiger partial charge in [-0.05, 0) is 57.4 Å². The van der Waals surface area contributed by atoms with Crippen LogP contribution in [0.15, 0.2) is 35.5 Å². The van der Waals surface area contributed by atoms with Crippen molar-refractivity contribution in [3.63, 3.8) is 0 Å². The monoisotopic (exact) mass is 596 g/mol. The van der Waals surface area contributed by atoms with Crippen LogP contribution in [-0.4, -0.2) is 112 Å². The molecule has 0 aromatic rings. The van der Waals surface area contributed by atoms with Crippen LogP contribution in [0.1, 0.15) is 53.9 Å². The first-order chi connectivity index (χ1) is 19.7. The molecule has 0 unspecified atom stereocenters. The van der Waals surface area contributed by atoms with Gasteiger partial charge in [-0.15, -0.1) is 6.58 Å². The van der Waals surface area contributed by atoms with E-state index in [1.165, 1.54) is 0 Å². The first kappa shape index (κ1) is 33.7.